The highest BCUT2D eigenvalue weighted by Crippen LogP contribution is 2.26. The minimum atomic E-state index is -4.60. The van der Waals surface area contributed by atoms with Gasteiger partial charge in [0.15, 0.2) is 0 Å². The first-order chi connectivity index (χ1) is 4.39. The van der Waals surface area contributed by atoms with E-state index in [-0.39, 0.29) is 0 Å². The van der Waals surface area contributed by atoms with Crippen LogP contribution in [-0.2, 0) is 0 Å². The Morgan fingerprint density at radius 2 is 1.70 bits per heavy atom. The maximum atomic E-state index is 11.6. The van der Waals surface area contributed by atoms with Crippen LogP contribution in [0.4, 0.5) is 17.6 Å². The molecule has 0 bridgehead atoms. The van der Waals surface area contributed by atoms with Gasteiger partial charge >= 0.3 is 6.18 Å². The van der Waals surface area contributed by atoms with Crippen LogP contribution in [0.5, 0.6) is 0 Å². The summed E-state index contributed by atoms with van der Waals surface area (Å²) in [6.07, 6.45) is -5.06. The normalized spacial score (nSPS) is 13.6. The van der Waals surface area contributed by atoms with Crippen molar-refractivity contribution in [3.8, 4) is 0 Å². The number of hydrogen-bond acceptors (Lipinski definition) is 1. The Balaban J connectivity index is 4.40. The average Bonchev–Trinajstić information content (AvgIpc) is 1.60. The van der Waals surface area contributed by atoms with Gasteiger partial charge in [-0.05, 0) is 0 Å². The minimum absolute atomic E-state index is 0.458. The van der Waals surface area contributed by atoms with Gasteiger partial charge in [0.25, 0.3) is 0 Å². The zero-order valence-electron chi connectivity index (χ0n) is 5.54. The smallest absolute Gasteiger partial charge is 0.372 e. The fourth-order valence-electron chi connectivity index (χ4n) is 0.413. The Bertz CT molecular complexity index is 135. The average molecular weight is 157 g/mol. The van der Waals surface area contributed by atoms with E-state index in [0.29, 0.717) is 4.90 Å². The molecule has 10 heavy (non-hydrogen) atoms. The van der Waals surface area contributed by atoms with E-state index in [1.54, 1.807) is 0 Å². The van der Waals surface area contributed by atoms with E-state index in [1.165, 1.54) is 0 Å². The van der Waals surface area contributed by atoms with Crippen LogP contribution < -0.4 is 0 Å². The second kappa shape index (κ2) is 2.90. The molecule has 0 aliphatic carbocycles. The molecule has 0 aromatic rings. The van der Waals surface area contributed by atoms with E-state index in [4.69, 9.17) is 0 Å². The summed E-state index contributed by atoms with van der Waals surface area (Å²) in [7, 11) is 2.25. The quantitative estimate of drug-likeness (QED) is 0.525. The number of hydrogen-bond donors (Lipinski definition) is 0. The summed E-state index contributed by atoms with van der Waals surface area (Å²) in [6, 6.07) is 0. The maximum absolute atomic E-state index is 11.6. The van der Waals surface area contributed by atoms with Gasteiger partial charge in [-0.15, -0.1) is 0 Å². The molecule has 1 nitrogen and oxygen atoms in total. The van der Waals surface area contributed by atoms with Gasteiger partial charge in [0.2, 0.25) is 0 Å². The van der Waals surface area contributed by atoms with Crippen molar-refractivity contribution < 1.29 is 17.6 Å². The summed E-state index contributed by atoms with van der Waals surface area (Å²) < 4.78 is 46.3. The van der Waals surface area contributed by atoms with Gasteiger partial charge in [0.05, 0.1) is 0 Å². The first-order valence-electron chi connectivity index (χ1n) is 2.44. The van der Waals surface area contributed by atoms with E-state index in [1.807, 2.05) is 0 Å². The first kappa shape index (κ1) is 9.26. The lowest BCUT2D eigenvalue weighted by atomic mass is 10.4. The van der Waals surface area contributed by atoms with Crippen molar-refractivity contribution >= 4 is 0 Å². The molecule has 0 N–H and O–H groups in total. The molecule has 0 aliphatic heterocycles. The summed E-state index contributed by atoms with van der Waals surface area (Å²) in [6.45, 7) is 0. The summed E-state index contributed by atoms with van der Waals surface area (Å²) >= 11 is 0. The highest BCUT2D eigenvalue weighted by atomic mass is 19.4. The fourth-order valence-corrected chi connectivity index (χ4v) is 0.413. The van der Waals surface area contributed by atoms with Crippen molar-refractivity contribution in [2.75, 3.05) is 14.1 Å². The number of halogens is 4. The molecule has 0 rings (SSSR count). The van der Waals surface area contributed by atoms with Crippen LogP contribution in [0.2, 0.25) is 0 Å². The van der Waals surface area contributed by atoms with E-state index in [9.17, 15) is 17.6 Å². The molecule has 5 heteroatoms. The largest absolute Gasteiger partial charge is 0.433 e. The molecule has 0 saturated heterocycles. The van der Waals surface area contributed by atoms with Gasteiger partial charge in [-0.2, -0.15) is 13.2 Å². The maximum Gasteiger partial charge on any atom is 0.433 e. The molecule has 0 spiro atoms. The SMILES string of the molecule is CN(C)/C(=C\F)C(F)(F)F. The van der Waals surface area contributed by atoms with Gasteiger partial charge in [0, 0.05) is 14.1 Å². The van der Waals surface area contributed by atoms with Crippen molar-refractivity contribution in [1.29, 1.82) is 0 Å². The number of nitrogens with zero attached hydrogens (tertiary/aromatic N) is 1. The molecule has 0 aliphatic rings. The van der Waals surface area contributed by atoms with Gasteiger partial charge in [-0.3, -0.25) is 0 Å². The van der Waals surface area contributed by atoms with Crippen LogP contribution in [0.1, 0.15) is 0 Å². The fraction of sp³-hybridized carbons (Fsp3) is 0.600. The third kappa shape index (κ3) is 2.24. The molecule has 0 atom stereocenters. The molecule has 0 heterocycles. The Hall–Kier alpha value is -0.740. The van der Waals surface area contributed by atoms with Crippen LogP contribution in [0.3, 0.4) is 0 Å². The molecule has 60 valence electrons. The molecule has 0 fully saturated rings. The lowest BCUT2D eigenvalue weighted by Crippen LogP contribution is -2.24. The number of rotatable bonds is 1. The highest BCUT2D eigenvalue weighted by molar-refractivity contribution is 5.02. The molecule has 0 saturated carbocycles. The molecule has 0 unspecified atom stereocenters. The first-order valence-corrected chi connectivity index (χ1v) is 2.44. The number of allylic oxidation sites excluding steroid dienone is 1. The van der Waals surface area contributed by atoms with E-state index in [0.717, 1.165) is 14.1 Å². The second-order valence-electron chi connectivity index (χ2n) is 1.89. The van der Waals surface area contributed by atoms with E-state index < -0.39 is 18.2 Å². The van der Waals surface area contributed by atoms with Crippen molar-refractivity contribution in [1.82, 2.24) is 4.90 Å². The van der Waals surface area contributed by atoms with Crippen molar-refractivity contribution in [2.45, 2.75) is 6.18 Å². The van der Waals surface area contributed by atoms with Gasteiger partial charge in [-0.25, -0.2) is 4.39 Å². The Labute approximate surface area is 55.9 Å². The second-order valence-corrected chi connectivity index (χ2v) is 1.89. The topological polar surface area (TPSA) is 3.24 Å². The minimum Gasteiger partial charge on any atom is -0.372 e. The van der Waals surface area contributed by atoms with Gasteiger partial charge < -0.3 is 4.90 Å². The van der Waals surface area contributed by atoms with Crippen LogP contribution >= 0.6 is 0 Å². The van der Waals surface area contributed by atoms with Crippen LogP contribution in [0, 0.1) is 0 Å². The van der Waals surface area contributed by atoms with E-state index >= 15 is 0 Å². The Morgan fingerprint density at radius 3 is 1.70 bits per heavy atom. The van der Waals surface area contributed by atoms with Gasteiger partial charge in [-0.1, -0.05) is 0 Å². The molecular formula is C5H7F4N. The van der Waals surface area contributed by atoms with Crippen molar-refractivity contribution in [2.24, 2.45) is 0 Å². The molecule has 0 aromatic carbocycles. The molecule has 0 radical (unpaired) electrons. The zero-order chi connectivity index (χ0) is 8.36. The van der Waals surface area contributed by atoms with Crippen molar-refractivity contribution in [3.63, 3.8) is 0 Å². The standard InChI is InChI=1S/C5H7F4N/c1-10(2)4(3-6)5(7,8)9/h3H,1-2H3/b4-3-. The Morgan fingerprint density at radius 1 is 1.30 bits per heavy atom. The lowest BCUT2D eigenvalue weighted by Gasteiger charge is -2.17. The summed E-state index contributed by atoms with van der Waals surface area (Å²) in [4.78, 5) is 0.667. The Kier molecular flexibility index (Phi) is 2.68. The highest BCUT2D eigenvalue weighted by Gasteiger charge is 2.35. The van der Waals surface area contributed by atoms with Crippen molar-refractivity contribution in [3.05, 3.63) is 12.0 Å². The number of alkyl halides is 3. The summed E-state index contributed by atoms with van der Waals surface area (Å²) in [5, 5.41) is 0. The summed E-state index contributed by atoms with van der Waals surface area (Å²) in [5.74, 6) is 0. The van der Waals surface area contributed by atoms with Crippen LogP contribution in [0.15, 0.2) is 12.0 Å². The molecule has 0 aromatic heterocycles. The molecular weight excluding hydrogens is 150 g/mol. The van der Waals surface area contributed by atoms with Gasteiger partial charge in [0.1, 0.15) is 12.0 Å². The van der Waals surface area contributed by atoms with E-state index in [2.05, 4.69) is 0 Å². The monoisotopic (exact) mass is 157 g/mol. The van der Waals surface area contributed by atoms with Crippen LogP contribution in [0.25, 0.3) is 0 Å². The zero-order valence-corrected chi connectivity index (χ0v) is 5.54. The third-order valence-electron chi connectivity index (χ3n) is 0.876. The summed E-state index contributed by atoms with van der Waals surface area (Å²) in [5.41, 5.74) is -1.28. The molecule has 0 amide bonds. The predicted molar refractivity (Wildman–Crippen MR) is 28.9 cm³/mol. The third-order valence-corrected chi connectivity index (χ3v) is 0.876. The predicted octanol–water partition coefficient (Wildman–Crippen LogP) is 1.92. The van der Waals surface area contributed by atoms with Crippen LogP contribution in [-0.4, -0.2) is 25.2 Å². The lowest BCUT2D eigenvalue weighted by molar-refractivity contribution is -0.108.